The topological polar surface area (TPSA) is 54.7 Å². The minimum absolute atomic E-state index is 0.157. The van der Waals surface area contributed by atoms with E-state index in [2.05, 4.69) is 29.2 Å². The molecule has 5 rings (SSSR count). The van der Waals surface area contributed by atoms with Gasteiger partial charge in [0.1, 0.15) is 11.2 Å². The Bertz CT molecular complexity index is 1120. The van der Waals surface area contributed by atoms with Gasteiger partial charge in [-0.25, -0.2) is 4.98 Å². The zero-order valence-electron chi connectivity index (χ0n) is 16.0. The minimum atomic E-state index is -0.291. The lowest BCUT2D eigenvalue weighted by Gasteiger charge is -2.43. The number of nitrogens with zero attached hydrogens (tertiary/aromatic N) is 3. The van der Waals surface area contributed by atoms with E-state index in [1.54, 1.807) is 6.20 Å². The van der Waals surface area contributed by atoms with Crippen LogP contribution in [0.3, 0.4) is 0 Å². The lowest BCUT2D eigenvalue weighted by molar-refractivity contribution is 0.0723. The molecule has 3 aromatic rings. The number of carbonyl (C=O) groups excluding carboxylic acids is 1. The zero-order chi connectivity index (χ0) is 19.3. The van der Waals surface area contributed by atoms with Crippen LogP contribution in [0.4, 0.5) is 0 Å². The van der Waals surface area contributed by atoms with Gasteiger partial charge in [-0.3, -0.25) is 14.0 Å². The van der Waals surface area contributed by atoms with Crippen molar-refractivity contribution in [1.29, 1.82) is 0 Å². The van der Waals surface area contributed by atoms with Crippen molar-refractivity contribution in [2.75, 3.05) is 13.1 Å². The summed E-state index contributed by atoms with van der Waals surface area (Å²) < 4.78 is 1.46. The Morgan fingerprint density at radius 1 is 1.18 bits per heavy atom. The zero-order valence-corrected chi connectivity index (χ0v) is 16.0. The predicted molar refractivity (Wildman–Crippen MR) is 108 cm³/mol. The molecule has 2 aliphatic rings. The summed E-state index contributed by atoms with van der Waals surface area (Å²) in [6.45, 7) is 3.34. The summed E-state index contributed by atoms with van der Waals surface area (Å²) >= 11 is 0. The first kappa shape index (κ1) is 17.2. The average molecular weight is 373 g/mol. The molecule has 28 heavy (non-hydrogen) atoms. The number of amides is 1. The van der Waals surface area contributed by atoms with E-state index < -0.39 is 0 Å². The van der Waals surface area contributed by atoms with Gasteiger partial charge in [0.15, 0.2) is 0 Å². The molecule has 5 heteroatoms. The van der Waals surface area contributed by atoms with Crippen LogP contribution < -0.4 is 5.56 Å². The fourth-order valence-electron chi connectivity index (χ4n) is 4.90. The van der Waals surface area contributed by atoms with Crippen molar-refractivity contribution in [2.24, 2.45) is 5.41 Å². The second kappa shape index (κ2) is 6.30. The van der Waals surface area contributed by atoms with Crippen LogP contribution in [0.2, 0.25) is 0 Å². The van der Waals surface area contributed by atoms with Crippen molar-refractivity contribution in [1.82, 2.24) is 14.3 Å². The van der Waals surface area contributed by atoms with Gasteiger partial charge in [0.2, 0.25) is 0 Å². The van der Waals surface area contributed by atoms with E-state index in [1.807, 2.05) is 30.0 Å². The fraction of sp³-hybridized carbons (Fsp3) is 0.348. The van der Waals surface area contributed by atoms with Crippen molar-refractivity contribution in [3.63, 3.8) is 0 Å². The van der Waals surface area contributed by atoms with Crippen LogP contribution in [0.1, 0.15) is 46.7 Å². The molecule has 1 unspecified atom stereocenters. The maximum Gasteiger partial charge on any atom is 0.270 e. The molecular formula is C23H23N3O2. The van der Waals surface area contributed by atoms with Gasteiger partial charge in [-0.15, -0.1) is 0 Å². The number of aryl methyl sites for hydroxylation is 1. The molecule has 0 bridgehead atoms. The molecule has 1 amide bonds. The van der Waals surface area contributed by atoms with Gasteiger partial charge in [-0.1, -0.05) is 36.8 Å². The molecule has 1 spiro atoms. The largest absolute Gasteiger partial charge is 0.337 e. The fourth-order valence-corrected chi connectivity index (χ4v) is 4.90. The Kier molecular flexibility index (Phi) is 3.86. The van der Waals surface area contributed by atoms with Crippen molar-refractivity contribution < 1.29 is 4.79 Å². The summed E-state index contributed by atoms with van der Waals surface area (Å²) in [5.41, 5.74) is 2.92. The first-order valence-electron chi connectivity index (χ1n) is 9.90. The Morgan fingerprint density at radius 2 is 1.96 bits per heavy atom. The highest BCUT2D eigenvalue weighted by Gasteiger charge is 2.52. The van der Waals surface area contributed by atoms with E-state index in [9.17, 15) is 9.59 Å². The number of rotatable bonds is 2. The number of hydrogen-bond acceptors (Lipinski definition) is 3. The second-order valence-electron chi connectivity index (χ2n) is 8.27. The lowest BCUT2D eigenvalue weighted by atomic mass is 9.61. The van der Waals surface area contributed by atoms with Gasteiger partial charge in [0, 0.05) is 31.4 Å². The van der Waals surface area contributed by atoms with Crippen molar-refractivity contribution in [3.05, 3.63) is 81.9 Å². The first-order chi connectivity index (χ1) is 13.6. The normalized spacial score (nSPS) is 20.5. The molecule has 1 aliphatic carbocycles. The van der Waals surface area contributed by atoms with Gasteiger partial charge in [-0.2, -0.15) is 0 Å². The number of benzene rings is 1. The van der Waals surface area contributed by atoms with Gasteiger partial charge in [0.25, 0.3) is 11.5 Å². The van der Waals surface area contributed by atoms with Crippen LogP contribution in [0.25, 0.3) is 5.65 Å². The molecule has 3 heterocycles. The van der Waals surface area contributed by atoms with E-state index >= 15 is 0 Å². The molecule has 0 N–H and O–H groups in total. The molecule has 5 nitrogen and oxygen atoms in total. The highest BCUT2D eigenvalue weighted by molar-refractivity contribution is 5.94. The average Bonchev–Trinajstić information content (AvgIpc) is 3.10. The minimum Gasteiger partial charge on any atom is -0.337 e. The molecule has 1 aromatic carbocycles. The molecule has 2 aromatic heterocycles. The van der Waals surface area contributed by atoms with Crippen LogP contribution in [-0.2, 0) is 0 Å². The summed E-state index contributed by atoms with van der Waals surface area (Å²) in [5.74, 6) is 0.141. The SMILES string of the molecule is Cc1ccn2c(=O)c(C(=O)N3CC(c4ccccc4)C4(CCC4)C3)cnc2c1. The van der Waals surface area contributed by atoms with E-state index in [0.717, 1.165) is 24.9 Å². The molecule has 2 fully saturated rings. The number of likely N-dealkylation sites (tertiary alicyclic amines) is 1. The molecule has 1 saturated carbocycles. The summed E-state index contributed by atoms with van der Waals surface area (Å²) in [5, 5.41) is 0. The molecular weight excluding hydrogens is 350 g/mol. The summed E-state index contributed by atoms with van der Waals surface area (Å²) in [7, 11) is 0. The Balaban J connectivity index is 1.49. The van der Waals surface area contributed by atoms with Crippen molar-refractivity contribution in [2.45, 2.75) is 32.1 Å². The van der Waals surface area contributed by atoms with E-state index in [-0.39, 0.29) is 22.4 Å². The third-order valence-corrected chi connectivity index (χ3v) is 6.58. The van der Waals surface area contributed by atoms with Crippen LogP contribution >= 0.6 is 0 Å². The summed E-state index contributed by atoms with van der Waals surface area (Å²) in [6, 6.07) is 14.2. The van der Waals surface area contributed by atoms with E-state index in [1.165, 1.54) is 22.6 Å². The number of pyridine rings is 1. The van der Waals surface area contributed by atoms with Gasteiger partial charge >= 0.3 is 0 Å². The smallest absolute Gasteiger partial charge is 0.270 e. The third-order valence-electron chi connectivity index (χ3n) is 6.58. The van der Waals surface area contributed by atoms with Crippen LogP contribution in [0, 0.1) is 12.3 Å². The maximum absolute atomic E-state index is 13.3. The first-order valence-corrected chi connectivity index (χ1v) is 9.90. The molecule has 0 radical (unpaired) electrons. The monoisotopic (exact) mass is 373 g/mol. The summed E-state index contributed by atoms with van der Waals surface area (Å²) in [6.07, 6.45) is 6.64. The predicted octanol–water partition coefficient (Wildman–Crippen LogP) is 3.41. The highest BCUT2D eigenvalue weighted by atomic mass is 16.2. The molecule has 1 atom stereocenters. The van der Waals surface area contributed by atoms with E-state index in [4.69, 9.17) is 0 Å². The standard InChI is InChI=1S/C23H23N3O2/c1-16-8-11-26-20(12-16)24-13-18(22(26)28)21(27)25-14-19(17-6-3-2-4-7-17)23(15-25)9-5-10-23/h2-4,6-8,11-13,19H,5,9-10,14-15H2,1H3. The molecule has 142 valence electrons. The maximum atomic E-state index is 13.3. The summed E-state index contributed by atoms with van der Waals surface area (Å²) in [4.78, 5) is 32.4. The number of hydrogen-bond donors (Lipinski definition) is 0. The van der Waals surface area contributed by atoms with Gasteiger partial charge in [-0.05, 0) is 48.4 Å². The molecule has 1 aliphatic heterocycles. The lowest BCUT2D eigenvalue weighted by Crippen LogP contribution is -2.39. The van der Waals surface area contributed by atoms with Crippen LogP contribution in [-0.4, -0.2) is 33.3 Å². The third kappa shape index (κ3) is 2.57. The van der Waals surface area contributed by atoms with Crippen molar-refractivity contribution in [3.8, 4) is 0 Å². The highest BCUT2D eigenvalue weighted by Crippen LogP contribution is 2.55. The van der Waals surface area contributed by atoms with Crippen LogP contribution in [0.5, 0.6) is 0 Å². The number of aromatic nitrogens is 2. The van der Waals surface area contributed by atoms with E-state index in [0.29, 0.717) is 18.1 Å². The van der Waals surface area contributed by atoms with Crippen molar-refractivity contribution >= 4 is 11.6 Å². The van der Waals surface area contributed by atoms with Crippen LogP contribution in [0.15, 0.2) is 59.7 Å². The van der Waals surface area contributed by atoms with Gasteiger partial charge < -0.3 is 4.90 Å². The number of fused-ring (bicyclic) bond motifs is 1. The van der Waals surface area contributed by atoms with Gasteiger partial charge in [0.05, 0.1) is 0 Å². The second-order valence-corrected chi connectivity index (χ2v) is 8.27. The Hall–Kier alpha value is -2.95. The Morgan fingerprint density at radius 3 is 2.68 bits per heavy atom. The quantitative estimate of drug-likeness (QED) is 0.692. The Labute approximate surface area is 163 Å². The number of carbonyl (C=O) groups is 1. The molecule has 1 saturated heterocycles.